The summed E-state index contributed by atoms with van der Waals surface area (Å²) >= 11 is 0. The van der Waals surface area contributed by atoms with Crippen LogP contribution in [0.4, 0.5) is 4.79 Å². The molecule has 26 heteroatoms. The van der Waals surface area contributed by atoms with Gasteiger partial charge in [-0.3, -0.25) is 34.2 Å². The maximum absolute atomic E-state index is 11.9. The lowest BCUT2D eigenvalue weighted by Gasteiger charge is -2.20. The second kappa shape index (κ2) is 65.9. The van der Waals surface area contributed by atoms with Crippen molar-refractivity contribution in [1.29, 1.82) is 0 Å². The Balaban J connectivity index is -0.000000142. The van der Waals surface area contributed by atoms with E-state index in [1.165, 1.54) is 50.3 Å². The molecule has 0 aromatic heterocycles. The lowest BCUT2D eigenvalue weighted by atomic mass is 10.1. The largest absolute Gasteiger partial charge is 0.408 e. The van der Waals surface area contributed by atoms with Crippen molar-refractivity contribution in [1.82, 2.24) is 52.4 Å². The Morgan fingerprint density at radius 2 is 1.02 bits per heavy atom. The van der Waals surface area contributed by atoms with Crippen LogP contribution in [-0.4, -0.2) is 171 Å². The number of ketones is 1. The molecule has 0 spiro atoms. The summed E-state index contributed by atoms with van der Waals surface area (Å²) in [5, 5.41) is 20.8. The fraction of sp³-hybridized carbons (Fsp3) is 0.750. The minimum absolute atomic E-state index is 0.0100. The molecule has 0 aromatic carbocycles. The van der Waals surface area contributed by atoms with Crippen molar-refractivity contribution >= 4 is 93.8 Å². The number of nitrogens with one attached hydrogen (secondary N) is 9. The third-order valence-electron chi connectivity index (χ3n) is 6.64. The van der Waals surface area contributed by atoms with Crippen LogP contribution in [0.5, 0.6) is 0 Å². The molecule has 13 N–H and O–H groups in total. The van der Waals surface area contributed by atoms with E-state index >= 15 is 0 Å². The molecule has 0 aliphatic rings. The Morgan fingerprint density at radius 3 is 1.42 bits per heavy atom. The predicted molar refractivity (Wildman–Crippen MR) is 249 cm³/mol. The molecule has 0 aromatic rings. The monoisotopic (exact) mass is 875 g/mol. The zero-order valence-electron chi connectivity index (χ0n) is 38.2. The van der Waals surface area contributed by atoms with E-state index in [0.717, 1.165) is 38.6 Å². The minimum atomic E-state index is -0.544. The fourth-order valence-electron chi connectivity index (χ4n) is 3.79. The topological polar surface area (TPSA) is 317 Å². The number of carbonyl (C=O) groups excluding carboxylic acids is 9. The number of Topliss-reactive ketones (excluding diaryl/α,β-unsaturated/α-hetero) is 1. The molecule has 0 fully saturated rings. The summed E-state index contributed by atoms with van der Waals surface area (Å²) in [5.74, 6) is -1.92. The Bertz CT molecular complexity index is 1060. The molecular formula is C36H75B5N12O9. The average molecular weight is 874 g/mol. The van der Waals surface area contributed by atoms with Crippen LogP contribution in [0.25, 0.3) is 0 Å². The van der Waals surface area contributed by atoms with Crippen LogP contribution in [0, 0.1) is 0 Å². The van der Waals surface area contributed by atoms with Gasteiger partial charge in [-0.15, -0.1) is 0 Å². The van der Waals surface area contributed by atoms with Crippen molar-refractivity contribution in [2.24, 2.45) is 11.4 Å². The number of amides is 7. The van der Waals surface area contributed by atoms with Gasteiger partial charge in [-0.2, -0.15) is 0 Å². The highest BCUT2D eigenvalue weighted by Gasteiger charge is 2.16. The van der Waals surface area contributed by atoms with Crippen molar-refractivity contribution in [3.05, 3.63) is 0 Å². The first-order valence-corrected chi connectivity index (χ1v) is 20.4. The predicted octanol–water partition coefficient (Wildman–Crippen LogP) is -3.41. The van der Waals surface area contributed by atoms with Crippen molar-refractivity contribution in [3.8, 4) is 0 Å². The van der Waals surface area contributed by atoms with E-state index in [1.807, 2.05) is 41.8 Å². The van der Waals surface area contributed by atoms with Gasteiger partial charge in [0, 0.05) is 19.5 Å². The van der Waals surface area contributed by atoms with Gasteiger partial charge in [0.15, 0.2) is 7.98 Å². The van der Waals surface area contributed by atoms with E-state index in [0.29, 0.717) is 38.0 Å². The van der Waals surface area contributed by atoms with Gasteiger partial charge in [-0.25, -0.2) is 4.79 Å². The number of urea groups is 1. The third kappa shape index (κ3) is 76.5. The summed E-state index contributed by atoms with van der Waals surface area (Å²) in [6.07, 6.45) is 12.8. The third-order valence-corrected chi connectivity index (χ3v) is 6.64. The average Bonchev–Trinajstić information content (AvgIpc) is 3.27. The van der Waals surface area contributed by atoms with Crippen molar-refractivity contribution in [2.75, 3.05) is 72.5 Å². The second-order valence-electron chi connectivity index (χ2n) is 11.9. The van der Waals surface area contributed by atoms with E-state index in [9.17, 15) is 38.4 Å². The van der Waals surface area contributed by atoms with Gasteiger partial charge >= 0.3 is 6.03 Å². The number of nitrogens with zero attached hydrogens (tertiary/aromatic N) is 1. The van der Waals surface area contributed by atoms with Gasteiger partial charge in [0.1, 0.15) is 18.4 Å². The molecule has 7 amide bonds. The smallest absolute Gasteiger partial charge is 0.315 e. The van der Waals surface area contributed by atoms with Crippen LogP contribution < -0.4 is 58.9 Å². The Hall–Kier alpha value is -4.25. The van der Waals surface area contributed by atoms with E-state index in [2.05, 4.69) is 47.1 Å². The van der Waals surface area contributed by atoms with Gasteiger partial charge in [0.05, 0.1) is 39.3 Å². The summed E-state index contributed by atoms with van der Waals surface area (Å²) in [7, 11) is 25.5. The normalized spacial score (nSPS) is 8.92. The van der Waals surface area contributed by atoms with Gasteiger partial charge in [-0.05, 0) is 72.5 Å². The lowest BCUT2D eigenvalue weighted by molar-refractivity contribution is -0.127. The Kier molecular flexibility index (Phi) is 76.7. The van der Waals surface area contributed by atoms with E-state index in [4.69, 9.17) is 42.5 Å². The molecular weight excluding hydrogens is 799 g/mol. The minimum Gasteiger partial charge on any atom is -0.408 e. The van der Waals surface area contributed by atoms with Crippen LogP contribution in [0.3, 0.4) is 0 Å². The molecule has 0 rings (SSSR count). The number of hydrogen-bond acceptors (Lipinski definition) is 14. The van der Waals surface area contributed by atoms with Crippen molar-refractivity contribution in [2.45, 2.75) is 105 Å². The molecule has 0 bridgehead atoms. The first-order valence-electron chi connectivity index (χ1n) is 20.4. The number of carbonyl (C=O) groups is 9. The van der Waals surface area contributed by atoms with Crippen LogP contribution in [-0.2, 0) is 38.4 Å². The molecule has 348 valence electrons. The number of unbranched alkanes of at least 4 members (excludes halogenated alkanes) is 7. The molecule has 21 nitrogen and oxygen atoms in total. The lowest BCUT2D eigenvalue weighted by Crippen LogP contribution is -2.46. The van der Waals surface area contributed by atoms with Crippen LogP contribution in [0.15, 0.2) is 0 Å². The Labute approximate surface area is 377 Å². The first kappa shape index (κ1) is 72.2. The Morgan fingerprint density at radius 1 is 0.597 bits per heavy atom. The quantitative estimate of drug-likeness (QED) is 0.0208. The standard InChI is InChI=1S/C14H24B2N6O5.C8H17NO.C6H15N.C4H7B2N3O2.C2H4O.C2H6.BH2N/c15-20-12(25)9-22(10-13(26)21-16)8-11(24)17-4-2-1-3-5-18-14(27)19-6-7-23;1-8(10)6-4-3-5-7-9-2;1-2-3-4-5-6-7;5-8-3(10)1-7-2-4(11)9-6;1-2-3;2*1-2/h7H,1-6,8-10H2,(H,17,24)(H,20,25)(H,21,26)(H2,18,19,27);9H,3-7H2,1-2H3;2-7H2,1H3;7H,1-2H2,(H,8,10)(H,9,11);2H,1H3;1-2H3;2H2. The highest BCUT2D eigenvalue weighted by molar-refractivity contribution is 6.16. The maximum Gasteiger partial charge on any atom is 0.315 e. The summed E-state index contributed by atoms with van der Waals surface area (Å²) in [6.45, 7) is 11.4. The summed E-state index contributed by atoms with van der Waals surface area (Å²) < 4.78 is 0. The fourth-order valence-corrected chi connectivity index (χ4v) is 3.79. The highest BCUT2D eigenvalue weighted by Crippen LogP contribution is 1.99. The van der Waals surface area contributed by atoms with Gasteiger partial charge in [-0.1, -0.05) is 46.5 Å². The summed E-state index contributed by atoms with van der Waals surface area (Å²) in [4.78, 5) is 97.2. The van der Waals surface area contributed by atoms with Gasteiger partial charge < -0.3 is 67.9 Å². The summed E-state index contributed by atoms with van der Waals surface area (Å²) in [5.41, 5.74) is 9.27. The second-order valence-corrected chi connectivity index (χ2v) is 11.9. The number of rotatable bonds is 28. The first-order chi connectivity index (χ1) is 29.7. The van der Waals surface area contributed by atoms with Gasteiger partial charge in [0.2, 0.25) is 61.5 Å². The molecule has 0 aliphatic carbocycles. The molecule has 62 heavy (non-hydrogen) atoms. The van der Waals surface area contributed by atoms with Crippen LogP contribution in [0.2, 0.25) is 0 Å². The summed E-state index contributed by atoms with van der Waals surface area (Å²) in [6, 6.07) is -0.404. The molecule has 0 heterocycles. The highest BCUT2D eigenvalue weighted by atomic mass is 16.2. The van der Waals surface area contributed by atoms with E-state index in [1.54, 1.807) is 6.92 Å². The molecule has 10 radical (unpaired) electrons. The number of hydrogen-bond donors (Lipinski definition) is 11. The molecule has 0 saturated carbocycles. The van der Waals surface area contributed by atoms with E-state index in [-0.39, 0.29) is 45.2 Å². The zero-order chi connectivity index (χ0) is 49.2. The molecule has 0 atom stereocenters. The van der Waals surface area contributed by atoms with Crippen LogP contribution >= 0.6 is 0 Å². The van der Waals surface area contributed by atoms with E-state index < -0.39 is 29.7 Å². The van der Waals surface area contributed by atoms with Crippen LogP contribution in [0.1, 0.15) is 105 Å². The molecule has 0 saturated heterocycles. The molecule has 0 unspecified atom stereocenters. The number of aldehydes is 2. The van der Waals surface area contributed by atoms with Crippen molar-refractivity contribution < 1.29 is 43.2 Å². The number of nitrogens with two attached hydrogens (primary N) is 2. The SMILES string of the molecule is CC.CC=O.CCCCCCN.CNCCCCCC(C)=O.[B]N.[B]NC(=O)CN(CC(=O)N[B])CC(=O)NCCCCCNC(=O)NCC=O.[B]NC(=O)CNCC(=O)N[B]. The zero-order valence-corrected chi connectivity index (χ0v) is 38.2. The maximum atomic E-state index is 11.9. The van der Waals surface area contributed by atoms with Crippen molar-refractivity contribution in [3.63, 3.8) is 0 Å². The molecule has 0 aliphatic heterocycles. The van der Waals surface area contributed by atoms with Gasteiger partial charge in [0.25, 0.3) is 0 Å².